The summed E-state index contributed by atoms with van der Waals surface area (Å²) < 4.78 is 0. The lowest BCUT2D eigenvalue weighted by molar-refractivity contribution is 0.500. The number of nitrogens with zero attached hydrogens (tertiary/aromatic N) is 1. The van der Waals surface area contributed by atoms with E-state index in [0.29, 0.717) is 0 Å². The Bertz CT molecular complexity index is 116. The molecule has 0 aliphatic heterocycles. The standard InChI is InChI=1S/C8H15N/c1-7-4-3-5-8(6-7)9-2/h7H,3-6H2,1-2H3/b9-8+. The van der Waals surface area contributed by atoms with Gasteiger partial charge in [-0.05, 0) is 31.6 Å². The average Bonchev–Trinajstić information content (AvgIpc) is 1.88. The Kier molecular flexibility index (Phi) is 2.26. The Hall–Kier alpha value is -0.330. The van der Waals surface area contributed by atoms with Crippen LogP contribution >= 0.6 is 0 Å². The zero-order chi connectivity index (χ0) is 6.69. The molecule has 52 valence electrons. The van der Waals surface area contributed by atoms with Crippen LogP contribution in [0.2, 0.25) is 0 Å². The maximum Gasteiger partial charge on any atom is 0.0276 e. The van der Waals surface area contributed by atoms with E-state index in [1.165, 1.54) is 31.4 Å². The van der Waals surface area contributed by atoms with Crippen LogP contribution in [-0.2, 0) is 0 Å². The van der Waals surface area contributed by atoms with E-state index in [4.69, 9.17) is 0 Å². The predicted octanol–water partition coefficient (Wildman–Crippen LogP) is 2.27. The second-order valence-electron chi connectivity index (χ2n) is 2.99. The molecular weight excluding hydrogens is 110 g/mol. The van der Waals surface area contributed by atoms with Crippen molar-refractivity contribution in [3.8, 4) is 0 Å². The molecule has 0 aromatic heterocycles. The summed E-state index contributed by atoms with van der Waals surface area (Å²) in [6, 6.07) is 0. The van der Waals surface area contributed by atoms with Crippen LogP contribution in [0.1, 0.15) is 32.6 Å². The summed E-state index contributed by atoms with van der Waals surface area (Å²) in [5.74, 6) is 0.887. The van der Waals surface area contributed by atoms with Crippen molar-refractivity contribution in [3.05, 3.63) is 0 Å². The molecule has 1 saturated carbocycles. The first-order valence-corrected chi connectivity index (χ1v) is 3.77. The fraction of sp³-hybridized carbons (Fsp3) is 0.875. The maximum atomic E-state index is 4.21. The summed E-state index contributed by atoms with van der Waals surface area (Å²) in [5.41, 5.74) is 1.42. The monoisotopic (exact) mass is 125 g/mol. The molecule has 1 fully saturated rings. The summed E-state index contributed by atoms with van der Waals surface area (Å²) in [5, 5.41) is 0. The first-order valence-electron chi connectivity index (χ1n) is 3.77. The molecule has 0 bridgehead atoms. The topological polar surface area (TPSA) is 12.4 Å². The van der Waals surface area contributed by atoms with Crippen LogP contribution in [0.3, 0.4) is 0 Å². The van der Waals surface area contributed by atoms with Crippen molar-refractivity contribution >= 4 is 5.71 Å². The Morgan fingerprint density at radius 1 is 1.56 bits per heavy atom. The molecule has 0 N–H and O–H groups in total. The molecule has 0 aromatic rings. The highest BCUT2D eigenvalue weighted by Crippen LogP contribution is 2.20. The highest BCUT2D eigenvalue weighted by Gasteiger charge is 2.12. The van der Waals surface area contributed by atoms with E-state index in [-0.39, 0.29) is 0 Å². The van der Waals surface area contributed by atoms with E-state index < -0.39 is 0 Å². The van der Waals surface area contributed by atoms with Crippen LogP contribution in [0.15, 0.2) is 4.99 Å². The molecule has 1 rings (SSSR count). The Morgan fingerprint density at radius 2 is 2.33 bits per heavy atom. The van der Waals surface area contributed by atoms with Gasteiger partial charge in [-0.3, -0.25) is 4.99 Å². The molecule has 0 heterocycles. The minimum absolute atomic E-state index is 0.887. The highest BCUT2D eigenvalue weighted by molar-refractivity contribution is 5.85. The largest absolute Gasteiger partial charge is 0.297 e. The molecule has 0 aromatic carbocycles. The number of aliphatic imine (C=N–C) groups is 1. The van der Waals surface area contributed by atoms with Crippen molar-refractivity contribution in [2.75, 3.05) is 7.05 Å². The first kappa shape index (κ1) is 6.79. The van der Waals surface area contributed by atoms with E-state index in [0.717, 1.165) is 5.92 Å². The van der Waals surface area contributed by atoms with E-state index >= 15 is 0 Å². The van der Waals surface area contributed by atoms with Crippen molar-refractivity contribution in [1.82, 2.24) is 0 Å². The SMILES string of the molecule is C/N=C1\CCCC(C)C1. The number of hydrogen-bond donors (Lipinski definition) is 0. The van der Waals surface area contributed by atoms with Gasteiger partial charge in [0.05, 0.1) is 0 Å². The molecule has 1 aliphatic rings. The average molecular weight is 125 g/mol. The minimum atomic E-state index is 0.887. The van der Waals surface area contributed by atoms with E-state index in [1.807, 2.05) is 7.05 Å². The molecule has 0 radical (unpaired) electrons. The Labute approximate surface area is 57.2 Å². The normalized spacial score (nSPS) is 33.1. The molecule has 9 heavy (non-hydrogen) atoms. The fourth-order valence-electron chi connectivity index (χ4n) is 1.46. The zero-order valence-corrected chi connectivity index (χ0v) is 6.35. The third kappa shape index (κ3) is 1.81. The van der Waals surface area contributed by atoms with E-state index in [2.05, 4.69) is 11.9 Å². The van der Waals surface area contributed by atoms with Crippen LogP contribution in [-0.4, -0.2) is 12.8 Å². The molecule has 1 aliphatic carbocycles. The summed E-state index contributed by atoms with van der Waals surface area (Å²) in [7, 11) is 1.91. The lowest BCUT2D eigenvalue weighted by Crippen LogP contribution is -2.11. The van der Waals surface area contributed by atoms with Crippen molar-refractivity contribution in [2.24, 2.45) is 10.9 Å². The van der Waals surface area contributed by atoms with E-state index in [1.54, 1.807) is 0 Å². The van der Waals surface area contributed by atoms with Crippen LogP contribution < -0.4 is 0 Å². The van der Waals surface area contributed by atoms with Crippen LogP contribution in [0.4, 0.5) is 0 Å². The second-order valence-corrected chi connectivity index (χ2v) is 2.99. The van der Waals surface area contributed by atoms with Crippen LogP contribution in [0.25, 0.3) is 0 Å². The number of rotatable bonds is 0. The van der Waals surface area contributed by atoms with Gasteiger partial charge in [-0.1, -0.05) is 6.92 Å². The van der Waals surface area contributed by atoms with Crippen molar-refractivity contribution < 1.29 is 0 Å². The zero-order valence-electron chi connectivity index (χ0n) is 6.35. The third-order valence-electron chi connectivity index (χ3n) is 2.06. The van der Waals surface area contributed by atoms with E-state index in [9.17, 15) is 0 Å². The van der Waals surface area contributed by atoms with Gasteiger partial charge in [0, 0.05) is 12.8 Å². The summed E-state index contributed by atoms with van der Waals surface area (Å²) in [6.07, 6.45) is 5.25. The van der Waals surface area contributed by atoms with Gasteiger partial charge in [0.1, 0.15) is 0 Å². The molecule has 0 saturated heterocycles. The van der Waals surface area contributed by atoms with Gasteiger partial charge in [-0.25, -0.2) is 0 Å². The van der Waals surface area contributed by atoms with Gasteiger partial charge in [-0.2, -0.15) is 0 Å². The molecular formula is C8H15N. The lowest BCUT2D eigenvalue weighted by atomic mass is 9.89. The Morgan fingerprint density at radius 3 is 2.78 bits per heavy atom. The molecule has 0 spiro atoms. The Balaban J connectivity index is 2.41. The van der Waals surface area contributed by atoms with Gasteiger partial charge in [0.25, 0.3) is 0 Å². The van der Waals surface area contributed by atoms with Gasteiger partial charge < -0.3 is 0 Å². The fourth-order valence-corrected chi connectivity index (χ4v) is 1.46. The van der Waals surface area contributed by atoms with Gasteiger partial charge >= 0.3 is 0 Å². The maximum absolute atomic E-state index is 4.21. The van der Waals surface area contributed by atoms with Gasteiger partial charge in [0.2, 0.25) is 0 Å². The second kappa shape index (κ2) is 3.00. The molecule has 1 unspecified atom stereocenters. The van der Waals surface area contributed by atoms with Crippen LogP contribution in [0, 0.1) is 5.92 Å². The summed E-state index contributed by atoms with van der Waals surface area (Å²) in [4.78, 5) is 4.21. The quantitative estimate of drug-likeness (QED) is 0.471. The first-order chi connectivity index (χ1) is 4.33. The van der Waals surface area contributed by atoms with Crippen molar-refractivity contribution in [3.63, 3.8) is 0 Å². The lowest BCUT2D eigenvalue weighted by Gasteiger charge is -2.18. The smallest absolute Gasteiger partial charge is 0.0276 e. The third-order valence-corrected chi connectivity index (χ3v) is 2.06. The molecule has 1 nitrogen and oxygen atoms in total. The van der Waals surface area contributed by atoms with Gasteiger partial charge in [-0.15, -0.1) is 0 Å². The summed E-state index contributed by atoms with van der Waals surface area (Å²) >= 11 is 0. The van der Waals surface area contributed by atoms with Crippen LogP contribution in [0.5, 0.6) is 0 Å². The minimum Gasteiger partial charge on any atom is -0.297 e. The molecule has 1 atom stereocenters. The highest BCUT2D eigenvalue weighted by atomic mass is 14.7. The summed E-state index contributed by atoms with van der Waals surface area (Å²) in [6.45, 7) is 2.31. The number of hydrogen-bond acceptors (Lipinski definition) is 1. The van der Waals surface area contributed by atoms with Crippen molar-refractivity contribution in [1.29, 1.82) is 0 Å². The molecule has 1 heteroatoms. The molecule has 0 amide bonds. The predicted molar refractivity (Wildman–Crippen MR) is 41.0 cm³/mol. The van der Waals surface area contributed by atoms with Crippen molar-refractivity contribution in [2.45, 2.75) is 32.6 Å². The van der Waals surface area contributed by atoms with Gasteiger partial charge in [0.15, 0.2) is 0 Å².